The van der Waals surface area contributed by atoms with Crippen LogP contribution in [0.5, 0.6) is 5.75 Å². The summed E-state index contributed by atoms with van der Waals surface area (Å²) in [7, 11) is 0. The minimum atomic E-state index is -2.93. The summed E-state index contributed by atoms with van der Waals surface area (Å²) in [5.41, 5.74) is 5.00. The number of carbonyl (C=O) groups is 2. The van der Waals surface area contributed by atoms with Crippen molar-refractivity contribution >= 4 is 29.1 Å². The second-order valence-electron chi connectivity index (χ2n) is 4.89. The largest absolute Gasteiger partial charge is 0.435 e. The summed E-state index contributed by atoms with van der Waals surface area (Å²) in [5, 5.41) is 5.49. The zero-order valence-corrected chi connectivity index (χ0v) is 13.9. The Bertz CT molecular complexity index is 582. The highest BCUT2D eigenvalue weighted by molar-refractivity contribution is 7.80. The first kappa shape index (κ1) is 19.6. The van der Waals surface area contributed by atoms with Gasteiger partial charge in [0.05, 0.1) is 6.54 Å². The number of amides is 2. The number of hydrogen-bond donors (Lipinski definition) is 4. The Kier molecular flexibility index (Phi) is 7.83. The van der Waals surface area contributed by atoms with Gasteiger partial charge in [-0.2, -0.15) is 8.78 Å². The van der Waals surface area contributed by atoms with Crippen LogP contribution in [0.25, 0.3) is 0 Å². The van der Waals surface area contributed by atoms with Gasteiger partial charge in [0.15, 0.2) is 5.11 Å². The molecular weight excluding hydrogens is 342 g/mol. The predicted molar refractivity (Wildman–Crippen MR) is 87.6 cm³/mol. The Balaban J connectivity index is 2.37. The molecule has 0 aromatic heterocycles. The van der Waals surface area contributed by atoms with Gasteiger partial charge >= 0.3 is 6.61 Å². The second-order valence-corrected chi connectivity index (χ2v) is 5.30. The van der Waals surface area contributed by atoms with Gasteiger partial charge in [0.25, 0.3) is 11.8 Å². The third-order valence-corrected chi connectivity index (χ3v) is 2.71. The van der Waals surface area contributed by atoms with E-state index in [-0.39, 0.29) is 29.0 Å². The Morgan fingerprint density at radius 2 is 1.79 bits per heavy atom. The van der Waals surface area contributed by atoms with Crippen LogP contribution < -0.4 is 26.2 Å². The topological polar surface area (TPSA) is 91.5 Å². The number of benzene rings is 1. The van der Waals surface area contributed by atoms with Gasteiger partial charge in [-0.25, -0.2) is 0 Å². The molecule has 0 heterocycles. The van der Waals surface area contributed by atoms with Crippen LogP contribution in [-0.4, -0.2) is 36.1 Å². The molecular formula is C14H18F2N4O3S. The maximum atomic E-state index is 12.0. The van der Waals surface area contributed by atoms with Crippen molar-refractivity contribution in [1.29, 1.82) is 0 Å². The van der Waals surface area contributed by atoms with Gasteiger partial charge in [0.1, 0.15) is 5.75 Å². The normalized spacial score (nSPS) is 10.2. The van der Waals surface area contributed by atoms with E-state index in [4.69, 9.17) is 12.2 Å². The molecule has 0 radical (unpaired) electrons. The highest BCUT2D eigenvalue weighted by atomic mass is 32.1. The summed E-state index contributed by atoms with van der Waals surface area (Å²) in [4.78, 5) is 23.4. The van der Waals surface area contributed by atoms with Crippen molar-refractivity contribution in [2.45, 2.75) is 26.5 Å². The van der Waals surface area contributed by atoms with Crippen LogP contribution in [0.4, 0.5) is 8.78 Å². The van der Waals surface area contributed by atoms with Crippen LogP contribution in [0.3, 0.4) is 0 Å². The van der Waals surface area contributed by atoms with Gasteiger partial charge in [-0.05, 0) is 50.3 Å². The monoisotopic (exact) mass is 360 g/mol. The molecule has 2 amide bonds. The first-order valence-electron chi connectivity index (χ1n) is 6.96. The molecule has 0 aliphatic rings. The summed E-state index contributed by atoms with van der Waals surface area (Å²) in [6, 6.07) is 5.20. The lowest BCUT2D eigenvalue weighted by Gasteiger charge is -2.14. The van der Waals surface area contributed by atoms with Crippen molar-refractivity contribution in [2.75, 3.05) is 6.54 Å². The minimum absolute atomic E-state index is 0.0605. The molecule has 0 saturated carbocycles. The highest BCUT2D eigenvalue weighted by Gasteiger charge is 2.10. The zero-order chi connectivity index (χ0) is 18.1. The number of hydrogen-bond acceptors (Lipinski definition) is 4. The van der Waals surface area contributed by atoms with Crippen molar-refractivity contribution in [3.8, 4) is 5.75 Å². The fraction of sp³-hybridized carbons (Fsp3) is 0.357. The summed E-state index contributed by atoms with van der Waals surface area (Å²) in [6.07, 6.45) is 0. The number of nitrogens with one attached hydrogen (secondary N) is 4. The van der Waals surface area contributed by atoms with Gasteiger partial charge in [-0.3, -0.25) is 20.4 Å². The lowest BCUT2D eigenvalue weighted by Crippen LogP contribution is -2.51. The molecule has 0 atom stereocenters. The second kappa shape index (κ2) is 9.60. The smallest absolute Gasteiger partial charge is 0.387 e. The molecule has 0 saturated heterocycles. The summed E-state index contributed by atoms with van der Waals surface area (Å²) in [5.74, 6) is -1.10. The molecule has 4 N–H and O–H groups in total. The van der Waals surface area contributed by atoms with Crippen LogP contribution in [0.1, 0.15) is 24.2 Å². The minimum Gasteiger partial charge on any atom is -0.435 e. The third-order valence-electron chi connectivity index (χ3n) is 2.49. The van der Waals surface area contributed by atoms with Gasteiger partial charge in [0.2, 0.25) is 0 Å². The molecule has 10 heteroatoms. The van der Waals surface area contributed by atoms with Crippen LogP contribution in [0.15, 0.2) is 24.3 Å². The number of ether oxygens (including phenoxy) is 1. The zero-order valence-electron chi connectivity index (χ0n) is 13.1. The first-order valence-corrected chi connectivity index (χ1v) is 7.37. The molecule has 132 valence electrons. The van der Waals surface area contributed by atoms with Crippen molar-refractivity contribution in [3.63, 3.8) is 0 Å². The molecule has 0 spiro atoms. The standard InChI is InChI=1S/C14H18F2N4O3S/c1-8(2)18-14(24)20-19-11(21)7-17-12(22)9-3-5-10(6-4-9)23-13(15)16/h3-6,8,13H,7H2,1-2H3,(H,17,22)(H,19,21)(H2,18,20,24). The molecule has 0 aliphatic carbocycles. The Morgan fingerprint density at radius 1 is 1.17 bits per heavy atom. The van der Waals surface area contributed by atoms with E-state index in [1.165, 1.54) is 24.3 Å². The number of alkyl halides is 2. The van der Waals surface area contributed by atoms with Crippen molar-refractivity contribution < 1.29 is 23.1 Å². The Morgan fingerprint density at radius 3 is 2.33 bits per heavy atom. The van der Waals surface area contributed by atoms with E-state index in [0.717, 1.165) is 0 Å². The fourth-order valence-electron chi connectivity index (χ4n) is 1.52. The summed E-state index contributed by atoms with van der Waals surface area (Å²) >= 11 is 4.91. The molecule has 0 aliphatic heterocycles. The highest BCUT2D eigenvalue weighted by Crippen LogP contribution is 2.14. The lowest BCUT2D eigenvalue weighted by atomic mass is 10.2. The van der Waals surface area contributed by atoms with Crippen molar-refractivity contribution in [1.82, 2.24) is 21.5 Å². The fourth-order valence-corrected chi connectivity index (χ4v) is 1.81. The van der Waals surface area contributed by atoms with E-state index in [2.05, 4.69) is 26.2 Å². The maximum Gasteiger partial charge on any atom is 0.387 e. The van der Waals surface area contributed by atoms with E-state index in [0.29, 0.717) is 0 Å². The van der Waals surface area contributed by atoms with Gasteiger partial charge < -0.3 is 15.4 Å². The van der Waals surface area contributed by atoms with Crippen LogP contribution in [0.2, 0.25) is 0 Å². The molecule has 0 bridgehead atoms. The van der Waals surface area contributed by atoms with Crippen LogP contribution in [0, 0.1) is 0 Å². The maximum absolute atomic E-state index is 12.0. The molecule has 1 aromatic rings. The Labute approximate surface area is 143 Å². The molecule has 24 heavy (non-hydrogen) atoms. The van der Waals surface area contributed by atoms with E-state index >= 15 is 0 Å². The number of halogens is 2. The number of rotatable bonds is 6. The van der Waals surface area contributed by atoms with Crippen LogP contribution in [-0.2, 0) is 4.79 Å². The van der Waals surface area contributed by atoms with Crippen LogP contribution >= 0.6 is 12.2 Å². The molecule has 0 unspecified atom stereocenters. The SMILES string of the molecule is CC(C)NC(=S)NNC(=O)CNC(=O)c1ccc(OC(F)F)cc1. The molecule has 7 nitrogen and oxygen atoms in total. The number of hydrazine groups is 1. The van der Waals surface area contributed by atoms with E-state index < -0.39 is 18.4 Å². The van der Waals surface area contributed by atoms with Gasteiger partial charge in [0, 0.05) is 11.6 Å². The average Bonchev–Trinajstić information content (AvgIpc) is 2.50. The van der Waals surface area contributed by atoms with Gasteiger partial charge in [-0.1, -0.05) is 0 Å². The predicted octanol–water partition coefficient (Wildman–Crippen LogP) is 0.922. The van der Waals surface area contributed by atoms with Crippen molar-refractivity contribution in [2.24, 2.45) is 0 Å². The van der Waals surface area contributed by atoms with E-state index in [1.807, 2.05) is 13.8 Å². The van der Waals surface area contributed by atoms with E-state index in [9.17, 15) is 18.4 Å². The Hall–Kier alpha value is -2.49. The van der Waals surface area contributed by atoms with Crippen molar-refractivity contribution in [3.05, 3.63) is 29.8 Å². The van der Waals surface area contributed by atoms with Gasteiger partial charge in [-0.15, -0.1) is 0 Å². The molecule has 1 rings (SSSR count). The lowest BCUT2D eigenvalue weighted by molar-refractivity contribution is -0.120. The summed E-state index contributed by atoms with van der Waals surface area (Å²) in [6.45, 7) is 0.546. The average molecular weight is 360 g/mol. The number of thiocarbonyl (C=S) groups is 1. The summed E-state index contributed by atoms with van der Waals surface area (Å²) < 4.78 is 28.2. The first-order chi connectivity index (χ1) is 11.3. The number of carbonyl (C=O) groups excluding carboxylic acids is 2. The van der Waals surface area contributed by atoms with E-state index in [1.54, 1.807) is 0 Å². The quantitative estimate of drug-likeness (QED) is 0.446. The molecule has 1 aromatic carbocycles. The molecule has 0 fully saturated rings. The third kappa shape index (κ3) is 7.68.